The van der Waals surface area contributed by atoms with Gasteiger partial charge in [0.1, 0.15) is 5.82 Å². The second-order valence-corrected chi connectivity index (χ2v) is 3.89. The van der Waals surface area contributed by atoms with Crippen LogP contribution in [0, 0.1) is 15.9 Å². The van der Waals surface area contributed by atoms with E-state index in [2.05, 4.69) is 15.3 Å². The number of halogens is 1. The number of aromatic nitrogens is 2. The van der Waals surface area contributed by atoms with Gasteiger partial charge in [-0.1, -0.05) is 0 Å². The Labute approximate surface area is 108 Å². The summed E-state index contributed by atoms with van der Waals surface area (Å²) in [7, 11) is 0. The quantitative estimate of drug-likeness (QED) is 0.676. The molecule has 0 aliphatic heterocycles. The van der Waals surface area contributed by atoms with Crippen LogP contribution in [0.4, 0.5) is 15.9 Å². The van der Waals surface area contributed by atoms with Gasteiger partial charge >= 0.3 is 5.69 Å². The molecule has 2 aromatic rings. The molecule has 1 N–H and O–H groups in total. The van der Waals surface area contributed by atoms with E-state index in [0.29, 0.717) is 5.56 Å². The number of nitrogens with zero attached hydrogens (tertiary/aromatic N) is 3. The van der Waals surface area contributed by atoms with Crippen LogP contribution < -0.4 is 5.32 Å². The van der Waals surface area contributed by atoms with Crippen molar-refractivity contribution in [1.29, 1.82) is 0 Å². The largest absolute Gasteiger partial charge is 0.358 e. The fraction of sp³-hybridized carbons (Fsp3) is 0.167. The molecule has 7 heteroatoms. The first-order chi connectivity index (χ1) is 9.09. The van der Waals surface area contributed by atoms with E-state index in [-0.39, 0.29) is 11.5 Å². The van der Waals surface area contributed by atoms with Gasteiger partial charge in [-0.2, -0.15) is 0 Å². The lowest BCUT2D eigenvalue weighted by Gasteiger charge is -2.15. The minimum absolute atomic E-state index is 0.108. The predicted molar refractivity (Wildman–Crippen MR) is 67.1 cm³/mol. The van der Waals surface area contributed by atoms with Crippen LogP contribution in [0.1, 0.15) is 18.5 Å². The highest BCUT2D eigenvalue weighted by Crippen LogP contribution is 2.26. The first-order valence-corrected chi connectivity index (χ1v) is 5.55. The first kappa shape index (κ1) is 12.9. The van der Waals surface area contributed by atoms with Crippen molar-refractivity contribution in [1.82, 2.24) is 9.97 Å². The Balaban J connectivity index is 2.27. The zero-order chi connectivity index (χ0) is 13.8. The Morgan fingerprint density at radius 2 is 2.21 bits per heavy atom. The summed E-state index contributed by atoms with van der Waals surface area (Å²) in [6.07, 6.45) is 3.99. The van der Waals surface area contributed by atoms with Crippen molar-refractivity contribution in [2.24, 2.45) is 0 Å². The summed E-state index contributed by atoms with van der Waals surface area (Å²) in [6.45, 7) is 1.69. The number of hydrogen-bond acceptors (Lipinski definition) is 5. The molecule has 0 saturated carbocycles. The van der Waals surface area contributed by atoms with E-state index >= 15 is 0 Å². The highest BCUT2D eigenvalue weighted by Gasteiger charge is 2.18. The predicted octanol–water partition coefficient (Wildman–Crippen LogP) is 2.70. The van der Waals surface area contributed by atoms with Crippen molar-refractivity contribution in [3.05, 3.63) is 58.3 Å². The van der Waals surface area contributed by atoms with Crippen LogP contribution in [-0.2, 0) is 0 Å². The Hall–Kier alpha value is -2.57. The molecule has 6 nitrogen and oxygen atoms in total. The Morgan fingerprint density at radius 1 is 1.42 bits per heavy atom. The van der Waals surface area contributed by atoms with Crippen molar-refractivity contribution in [3.8, 4) is 0 Å². The molecule has 0 amide bonds. The van der Waals surface area contributed by atoms with Gasteiger partial charge in [0, 0.05) is 24.0 Å². The summed E-state index contributed by atoms with van der Waals surface area (Å²) in [4.78, 5) is 17.9. The standard InChI is InChI=1S/C12H11FN4O2/c1-8(9-4-6-14-7-10(9)13)16-12-11(17(18)19)3-2-5-15-12/h2-8H,1H3,(H,15,16)/t8-/m0/s1. The van der Waals surface area contributed by atoms with Gasteiger partial charge in [0.05, 0.1) is 17.2 Å². The van der Waals surface area contributed by atoms with Crippen LogP contribution in [-0.4, -0.2) is 14.9 Å². The fourth-order valence-corrected chi connectivity index (χ4v) is 1.68. The van der Waals surface area contributed by atoms with Gasteiger partial charge in [0.25, 0.3) is 0 Å². The zero-order valence-corrected chi connectivity index (χ0v) is 10.1. The molecule has 0 aliphatic rings. The smallest absolute Gasteiger partial charge is 0.311 e. The normalized spacial score (nSPS) is 11.9. The number of nitrogens with one attached hydrogen (secondary N) is 1. The van der Waals surface area contributed by atoms with E-state index in [0.717, 1.165) is 6.20 Å². The molecule has 98 valence electrons. The number of hydrogen-bond donors (Lipinski definition) is 1. The van der Waals surface area contributed by atoms with Crippen molar-refractivity contribution < 1.29 is 9.31 Å². The molecule has 2 aromatic heterocycles. The molecular formula is C12H11FN4O2. The fourth-order valence-electron chi connectivity index (χ4n) is 1.68. The number of anilines is 1. The van der Waals surface area contributed by atoms with Crippen LogP contribution in [0.25, 0.3) is 0 Å². The topological polar surface area (TPSA) is 81.0 Å². The SMILES string of the molecule is C[C@H](Nc1ncccc1[N+](=O)[O-])c1ccncc1F. The highest BCUT2D eigenvalue weighted by molar-refractivity contribution is 5.56. The lowest BCUT2D eigenvalue weighted by molar-refractivity contribution is -0.384. The highest BCUT2D eigenvalue weighted by atomic mass is 19.1. The van der Waals surface area contributed by atoms with Gasteiger partial charge in [-0.25, -0.2) is 9.37 Å². The molecule has 1 atom stereocenters. The molecule has 0 fully saturated rings. The van der Waals surface area contributed by atoms with Gasteiger partial charge < -0.3 is 5.32 Å². The molecular weight excluding hydrogens is 251 g/mol. The van der Waals surface area contributed by atoms with E-state index < -0.39 is 16.8 Å². The maximum absolute atomic E-state index is 13.5. The van der Waals surface area contributed by atoms with Crippen LogP contribution in [0.3, 0.4) is 0 Å². The Kier molecular flexibility index (Phi) is 3.65. The minimum atomic E-state index is -0.537. The summed E-state index contributed by atoms with van der Waals surface area (Å²) in [5, 5.41) is 13.7. The molecule has 2 heterocycles. The number of pyridine rings is 2. The molecule has 0 unspecified atom stereocenters. The van der Waals surface area contributed by atoms with Gasteiger partial charge in [-0.15, -0.1) is 0 Å². The van der Waals surface area contributed by atoms with E-state index in [1.807, 2.05) is 0 Å². The second-order valence-electron chi connectivity index (χ2n) is 3.89. The third-order valence-electron chi connectivity index (χ3n) is 2.61. The van der Waals surface area contributed by atoms with Gasteiger partial charge in [-0.3, -0.25) is 15.1 Å². The van der Waals surface area contributed by atoms with Crippen molar-refractivity contribution >= 4 is 11.5 Å². The minimum Gasteiger partial charge on any atom is -0.358 e. The molecule has 0 aromatic carbocycles. The lowest BCUT2D eigenvalue weighted by atomic mass is 10.1. The summed E-state index contributed by atoms with van der Waals surface area (Å²) < 4.78 is 13.5. The summed E-state index contributed by atoms with van der Waals surface area (Å²) in [5.74, 6) is -0.364. The zero-order valence-electron chi connectivity index (χ0n) is 10.1. The van der Waals surface area contributed by atoms with Crippen LogP contribution in [0.15, 0.2) is 36.8 Å². The second kappa shape index (κ2) is 5.38. The molecule has 0 radical (unpaired) electrons. The molecule has 0 saturated heterocycles. The number of rotatable bonds is 4. The summed E-state index contributed by atoms with van der Waals surface area (Å²) in [6, 6.07) is 3.87. The monoisotopic (exact) mass is 262 g/mol. The van der Waals surface area contributed by atoms with E-state index in [9.17, 15) is 14.5 Å². The third kappa shape index (κ3) is 2.82. The summed E-state index contributed by atoms with van der Waals surface area (Å²) >= 11 is 0. The lowest BCUT2D eigenvalue weighted by Crippen LogP contribution is -2.11. The van der Waals surface area contributed by atoms with Crippen molar-refractivity contribution in [2.45, 2.75) is 13.0 Å². The van der Waals surface area contributed by atoms with Crippen molar-refractivity contribution in [3.63, 3.8) is 0 Å². The van der Waals surface area contributed by atoms with E-state index in [1.54, 1.807) is 6.92 Å². The third-order valence-corrected chi connectivity index (χ3v) is 2.61. The summed E-state index contributed by atoms with van der Waals surface area (Å²) in [5.41, 5.74) is 0.221. The maximum atomic E-state index is 13.5. The van der Waals surface area contributed by atoms with Gasteiger partial charge in [-0.05, 0) is 19.1 Å². The molecule has 0 bridgehead atoms. The maximum Gasteiger partial charge on any atom is 0.311 e. The average molecular weight is 262 g/mol. The molecule has 0 spiro atoms. The van der Waals surface area contributed by atoms with Crippen LogP contribution >= 0.6 is 0 Å². The van der Waals surface area contributed by atoms with Crippen LogP contribution in [0.5, 0.6) is 0 Å². The van der Waals surface area contributed by atoms with Crippen LogP contribution in [0.2, 0.25) is 0 Å². The molecule has 19 heavy (non-hydrogen) atoms. The molecule has 2 rings (SSSR count). The van der Waals surface area contributed by atoms with Crippen molar-refractivity contribution in [2.75, 3.05) is 5.32 Å². The molecule has 0 aliphatic carbocycles. The average Bonchev–Trinajstić information content (AvgIpc) is 2.39. The van der Waals surface area contributed by atoms with E-state index in [4.69, 9.17) is 0 Å². The number of nitro groups is 1. The van der Waals surface area contributed by atoms with Gasteiger partial charge in [0.2, 0.25) is 5.82 Å². The Bertz CT molecular complexity index is 606. The van der Waals surface area contributed by atoms with Gasteiger partial charge in [0.15, 0.2) is 0 Å². The van der Waals surface area contributed by atoms with E-state index in [1.165, 1.54) is 30.6 Å². The first-order valence-electron chi connectivity index (χ1n) is 5.55. The Morgan fingerprint density at radius 3 is 2.89 bits per heavy atom.